The number of fused-ring (bicyclic) bond motifs is 3. The Morgan fingerprint density at radius 1 is 0.900 bits per heavy atom. The van der Waals surface area contributed by atoms with E-state index in [1.54, 1.807) is 0 Å². The van der Waals surface area contributed by atoms with E-state index in [9.17, 15) is 0 Å². The number of hydrogen-bond donors (Lipinski definition) is 1. The van der Waals surface area contributed by atoms with E-state index in [1.165, 1.54) is 34.6 Å². The molecule has 3 rings (SSSR count). The number of nitrogens with zero attached hydrogens (tertiary/aromatic N) is 1. The van der Waals surface area contributed by atoms with E-state index < -0.39 is 0 Å². The molecule has 0 aliphatic rings. The second-order valence-electron chi connectivity index (χ2n) is 5.66. The molecule has 0 radical (unpaired) electrons. The first-order valence-corrected chi connectivity index (χ1v) is 7.49. The predicted octanol–water partition coefficient (Wildman–Crippen LogP) is 4.31. The summed E-state index contributed by atoms with van der Waals surface area (Å²) in [6.45, 7) is 3.15. The van der Waals surface area contributed by atoms with E-state index in [4.69, 9.17) is 5.73 Å². The smallest absolute Gasteiger partial charge is 0.0491 e. The van der Waals surface area contributed by atoms with Gasteiger partial charge in [-0.25, -0.2) is 0 Å². The van der Waals surface area contributed by atoms with Crippen molar-refractivity contribution in [2.24, 2.45) is 5.73 Å². The lowest BCUT2D eigenvalue weighted by molar-refractivity contribution is 0.561. The zero-order valence-electron chi connectivity index (χ0n) is 12.0. The van der Waals surface area contributed by atoms with Crippen LogP contribution in [-0.2, 0) is 6.54 Å². The summed E-state index contributed by atoms with van der Waals surface area (Å²) >= 11 is 0. The average Bonchev–Trinajstić information content (AvgIpc) is 2.78. The number of para-hydroxylation sites is 2. The average molecular weight is 266 g/mol. The van der Waals surface area contributed by atoms with Gasteiger partial charge in [-0.3, -0.25) is 0 Å². The van der Waals surface area contributed by atoms with Crippen LogP contribution >= 0.6 is 0 Å². The Morgan fingerprint density at radius 2 is 1.45 bits per heavy atom. The summed E-state index contributed by atoms with van der Waals surface area (Å²) in [6, 6.07) is 17.7. The van der Waals surface area contributed by atoms with Gasteiger partial charge in [-0.05, 0) is 31.9 Å². The van der Waals surface area contributed by atoms with Gasteiger partial charge in [-0.15, -0.1) is 0 Å². The van der Waals surface area contributed by atoms with Gasteiger partial charge in [-0.1, -0.05) is 42.8 Å². The molecule has 2 N–H and O–H groups in total. The highest BCUT2D eigenvalue weighted by atomic mass is 15.0. The van der Waals surface area contributed by atoms with Crippen molar-refractivity contribution >= 4 is 21.8 Å². The third-order valence-electron chi connectivity index (χ3n) is 3.97. The lowest BCUT2D eigenvalue weighted by Gasteiger charge is -2.08. The van der Waals surface area contributed by atoms with Crippen molar-refractivity contribution < 1.29 is 0 Å². The summed E-state index contributed by atoms with van der Waals surface area (Å²) in [5.41, 5.74) is 8.51. The highest BCUT2D eigenvalue weighted by Crippen LogP contribution is 2.28. The Kier molecular flexibility index (Phi) is 3.75. The molecule has 1 unspecified atom stereocenters. The van der Waals surface area contributed by atoms with Crippen LogP contribution in [0.1, 0.15) is 26.2 Å². The fraction of sp³-hybridized carbons (Fsp3) is 0.333. The fourth-order valence-corrected chi connectivity index (χ4v) is 2.98. The number of hydrogen-bond acceptors (Lipinski definition) is 1. The first-order chi connectivity index (χ1) is 9.77. The second-order valence-corrected chi connectivity index (χ2v) is 5.66. The summed E-state index contributed by atoms with van der Waals surface area (Å²) < 4.78 is 2.45. The molecule has 1 atom stereocenters. The van der Waals surface area contributed by atoms with E-state index in [0.29, 0.717) is 6.04 Å². The Morgan fingerprint density at radius 3 is 2.00 bits per heavy atom. The van der Waals surface area contributed by atoms with E-state index in [-0.39, 0.29) is 0 Å². The maximum atomic E-state index is 5.83. The van der Waals surface area contributed by atoms with Crippen LogP contribution in [0.5, 0.6) is 0 Å². The number of unbranched alkanes of at least 4 members (excludes halogenated alkanes) is 1. The molecular weight excluding hydrogens is 244 g/mol. The van der Waals surface area contributed by atoms with Gasteiger partial charge in [-0.2, -0.15) is 0 Å². The number of benzene rings is 2. The highest BCUT2D eigenvalue weighted by molar-refractivity contribution is 6.07. The van der Waals surface area contributed by atoms with Crippen molar-refractivity contribution in [2.45, 2.75) is 38.8 Å². The van der Waals surface area contributed by atoms with Crippen molar-refractivity contribution in [3.63, 3.8) is 0 Å². The fourth-order valence-electron chi connectivity index (χ4n) is 2.98. The van der Waals surface area contributed by atoms with Gasteiger partial charge in [0, 0.05) is 34.4 Å². The first kappa shape index (κ1) is 13.2. The van der Waals surface area contributed by atoms with Gasteiger partial charge >= 0.3 is 0 Å². The Balaban J connectivity index is 1.95. The molecule has 0 fully saturated rings. The molecule has 0 saturated carbocycles. The zero-order valence-corrected chi connectivity index (χ0v) is 12.0. The Hall–Kier alpha value is -1.80. The predicted molar refractivity (Wildman–Crippen MR) is 86.9 cm³/mol. The molecule has 2 nitrogen and oxygen atoms in total. The van der Waals surface area contributed by atoms with Gasteiger partial charge in [0.1, 0.15) is 0 Å². The van der Waals surface area contributed by atoms with Crippen molar-refractivity contribution in [1.82, 2.24) is 4.57 Å². The highest BCUT2D eigenvalue weighted by Gasteiger charge is 2.08. The maximum absolute atomic E-state index is 5.83. The topological polar surface area (TPSA) is 30.9 Å². The monoisotopic (exact) mass is 266 g/mol. The van der Waals surface area contributed by atoms with Crippen molar-refractivity contribution in [1.29, 1.82) is 0 Å². The number of aryl methyl sites for hydroxylation is 1. The van der Waals surface area contributed by atoms with Crippen LogP contribution in [-0.4, -0.2) is 10.6 Å². The molecule has 1 heterocycles. The Labute approximate surface area is 120 Å². The molecular formula is C18H22N2. The number of aromatic nitrogens is 1. The minimum atomic E-state index is 0.313. The third kappa shape index (κ3) is 2.44. The lowest BCUT2D eigenvalue weighted by atomic mass is 10.1. The van der Waals surface area contributed by atoms with E-state index in [1.807, 2.05) is 0 Å². The van der Waals surface area contributed by atoms with Gasteiger partial charge in [0.15, 0.2) is 0 Å². The Bertz CT molecular complexity index is 656. The third-order valence-corrected chi connectivity index (χ3v) is 3.97. The molecule has 104 valence electrons. The standard InChI is InChI=1S/C18H22N2/c1-14(19)8-6-7-13-20-17-11-4-2-9-15(17)16-10-3-5-12-18(16)20/h2-5,9-12,14H,6-8,13,19H2,1H3. The van der Waals surface area contributed by atoms with Gasteiger partial charge in [0.05, 0.1) is 0 Å². The molecule has 2 aromatic carbocycles. The van der Waals surface area contributed by atoms with Crippen molar-refractivity contribution in [3.8, 4) is 0 Å². The second kappa shape index (κ2) is 5.68. The minimum Gasteiger partial charge on any atom is -0.340 e. The zero-order chi connectivity index (χ0) is 13.9. The van der Waals surface area contributed by atoms with Crippen molar-refractivity contribution in [2.75, 3.05) is 0 Å². The van der Waals surface area contributed by atoms with Crippen LogP contribution in [0.3, 0.4) is 0 Å². The van der Waals surface area contributed by atoms with Gasteiger partial charge < -0.3 is 10.3 Å². The first-order valence-electron chi connectivity index (χ1n) is 7.49. The summed E-state index contributed by atoms with van der Waals surface area (Å²) in [5, 5.41) is 2.71. The van der Waals surface area contributed by atoms with Crippen molar-refractivity contribution in [3.05, 3.63) is 48.5 Å². The van der Waals surface area contributed by atoms with Crippen LogP contribution in [0, 0.1) is 0 Å². The molecule has 0 saturated heterocycles. The van der Waals surface area contributed by atoms with Crippen LogP contribution in [0.15, 0.2) is 48.5 Å². The van der Waals surface area contributed by atoms with E-state index >= 15 is 0 Å². The van der Waals surface area contributed by atoms with Crippen LogP contribution in [0.2, 0.25) is 0 Å². The van der Waals surface area contributed by atoms with Crippen LogP contribution in [0.4, 0.5) is 0 Å². The van der Waals surface area contributed by atoms with Gasteiger partial charge in [0.2, 0.25) is 0 Å². The molecule has 0 aliphatic heterocycles. The van der Waals surface area contributed by atoms with Gasteiger partial charge in [0.25, 0.3) is 0 Å². The molecule has 2 heteroatoms. The largest absolute Gasteiger partial charge is 0.340 e. The molecule has 0 aliphatic carbocycles. The molecule has 3 aromatic rings. The molecule has 0 spiro atoms. The SMILES string of the molecule is CC(N)CCCCn1c2ccccc2c2ccccc21. The van der Waals surface area contributed by atoms with Crippen LogP contribution < -0.4 is 5.73 Å². The summed E-state index contributed by atoms with van der Waals surface area (Å²) in [6.07, 6.45) is 3.49. The molecule has 0 bridgehead atoms. The molecule has 20 heavy (non-hydrogen) atoms. The summed E-state index contributed by atoms with van der Waals surface area (Å²) in [4.78, 5) is 0. The minimum absolute atomic E-state index is 0.313. The number of rotatable bonds is 5. The quantitative estimate of drug-likeness (QED) is 0.685. The maximum Gasteiger partial charge on any atom is 0.0491 e. The van der Waals surface area contributed by atoms with Crippen LogP contribution in [0.25, 0.3) is 21.8 Å². The summed E-state index contributed by atoms with van der Waals surface area (Å²) in [7, 11) is 0. The molecule has 0 amide bonds. The normalized spacial score (nSPS) is 13.1. The summed E-state index contributed by atoms with van der Waals surface area (Å²) in [5.74, 6) is 0. The van der Waals surface area contributed by atoms with E-state index in [2.05, 4.69) is 60.0 Å². The van der Waals surface area contributed by atoms with E-state index in [0.717, 1.165) is 13.0 Å². The number of nitrogens with two attached hydrogens (primary N) is 1. The lowest BCUT2D eigenvalue weighted by Crippen LogP contribution is -2.14. The molecule has 1 aromatic heterocycles.